The van der Waals surface area contributed by atoms with Gasteiger partial charge in [0, 0.05) is 23.5 Å². The molecule has 0 unspecified atom stereocenters. The van der Waals surface area contributed by atoms with Gasteiger partial charge in [-0.2, -0.15) is 0 Å². The summed E-state index contributed by atoms with van der Waals surface area (Å²) in [5, 5.41) is 13.9. The van der Waals surface area contributed by atoms with Crippen LogP contribution in [0, 0.1) is 15.5 Å². The van der Waals surface area contributed by atoms with E-state index in [0.29, 0.717) is 12.4 Å². The number of nitrogens with zero attached hydrogens (tertiary/aromatic N) is 1. The first-order valence-electron chi connectivity index (χ1n) is 6.05. The molecular formula is C13H16Cl2N2O3. The van der Waals surface area contributed by atoms with Crippen LogP contribution >= 0.6 is 23.2 Å². The van der Waals surface area contributed by atoms with E-state index >= 15 is 0 Å². The summed E-state index contributed by atoms with van der Waals surface area (Å²) >= 11 is 11.5. The van der Waals surface area contributed by atoms with E-state index < -0.39 is 10.8 Å². The number of nitro groups is 1. The predicted octanol–water partition coefficient (Wildman–Crippen LogP) is 3.63. The summed E-state index contributed by atoms with van der Waals surface area (Å²) in [6, 6.07) is 3.90. The molecule has 0 aliphatic carbocycles. The van der Waals surface area contributed by atoms with Crippen molar-refractivity contribution in [1.29, 1.82) is 0 Å². The summed E-state index contributed by atoms with van der Waals surface area (Å²) in [5.41, 5.74) is -0.476. The molecule has 1 aromatic rings. The average Bonchev–Trinajstić information content (AvgIpc) is 2.35. The van der Waals surface area contributed by atoms with Crippen molar-refractivity contribution in [3.63, 3.8) is 0 Å². The molecule has 0 fully saturated rings. The van der Waals surface area contributed by atoms with Crippen molar-refractivity contribution >= 4 is 34.8 Å². The van der Waals surface area contributed by atoms with Gasteiger partial charge in [0.1, 0.15) is 5.56 Å². The fourth-order valence-corrected chi connectivity index (χ4v) is 2.29. The third kappa shape index (κ3) is 4.65. The zero-order valence-corrected chi connectivity index (χ0v) is 12.8. The third-order valence-electron chi connectivity index (χ3n) is 2.90. The number of carbonyl (C=O) groups excluding carboxylic acids is 1. The molecule has 0 atom stereocenters. The van der Waals surface area contributed by atoms with E-state index in [0.717, 1.165) is 6.42 Å². The van der Waals surface area contributed by atoms with Crippen LogP contribution in [0.4, 0.5) is 5.69 Å². The molecule has 0 saturated heterocycles. The molecule has 5 nitrogen and oxygen atoms in total. The van der Waals surface area contributed by atoms with Crippen LogP contribution in [0.2, 0.25) is 5.02 Å². The summed E-state index contributed by atoms with van der Waals surface area (Å²) in [5.74, 6) is -0.0259. The summed E-state index contributed by atoms with van der Waals surface area (Å²) < 4.78 is 0. The van der Waals surface area contributed by atoms with Gasteiger partial charge in [0.05, 0.1) is 4.92 Å². The Morgan fingerprint density at radius 2 is 2.10 bits per heavy atom. The largest absolute Gasteiger partial charge is 0.351 e. The molecule has 0 bridgehead atoms. The second kappa shape index (κ2) is 6.90. The van der Waals surface area contributed by atoms with Crippen molar-refractivity contribution in [2.24, 2.45) is 5.41 Å². The smallest absolute Gasteiger partial charge is 0.282 e. The van der Waals surface area contributed by atoms with Crippen molar-refractivity contribution in [2.45, 2.75) is 20.3 Å². The molecule has 0 radical (unpaired) electrons. The SMILES string of the molecule is CC(C)(CCCl)CNC(=O)c1cc(Cl)ccc1[N+](=O)[O-]. The number of alkyl halides is 1. The van der Waals surface area contributed by atoms with Gasteiger partial charge in [-0.3, -0.25) is 14.9 Å². The van der Waals surface area contributed by atoms with Crippen LogP contribution in [0.25, 0.3) is 0 Å². The summed E-state index contributed by atoms with van der Waals surface area (Å²) in [6.07, 6.45) is 0.729. The maximum absolute atomic E-state index is 12.1. The molecule has 0 aromatic heterocycles. The lowest BCUT2D eigenvalue weighted by atomic mass is 9.90. The van der Waals surface area contributed by atoms with Gasteiger partial charge in [-0.15, -0.1) is 11.6 Å². The maximum atomic E-state index is 12.1. The van der Waals surface area contributed by atoms with Gasteiger partial charge in [-0.1, -0.05) is 25.4 Å². The van der Waals surface area contributed by atoms with Crippen LogP contribution in [0.1, 0.15) is 30.6 Å². The highest BCUT2D eigenvalue weighted by Gasteiger charge is 2.23. The minimum Gasteiger partial charge on any atom is -0.351 e. The highest BCUT2D eigenvalue weighted by molar-refractivity contribution is 6.31. The van der Waals surface area contributed by atoms with Gasteiger partial charge in [0.2, 0.25) is 0 Å². The minimum absolute atomic E-state index is 0.0378. The molecule has 1 N–H and O–H groups in total. The van der Waals surface area contributed by atoms with Crippen LogP contribution in [-0.4, -0.2) is 23.3 Å². The van der Waals surface area contributed by atoms with Crippen LogP contribution in [0.5, 0.6) is 0 Å². The molecule has 1 amide bonds. The van der Waals surface area contributed by atoms with Crippen molar-refractivity contribution in [2.75, 3.05) is 12.4 Å². The summed E-state index contributed by atoms with van der Waals surface area (Å²) in [6.45, 7) is 4.30. The highest BCUT2D eigenvalue weighted by Crippen LogP contribution is 2.24. The highest BCUT2D eigenvalue weighted by atomic mass is 35.5. The van der Waals surface area contributed by atoms with Crippen LogP contribution in [0.3, 0.4) is 0 Å². The topological polar surface area (TPSA) is 72.2 Å². The van der Waals surface area contributed by atoms with E-state index in [2.05, 4.69) is 5.32 Å². The second-order valence-corrected chi connectivity index (χ2v) is 6.02. The molecule has 0 spiro atoms. The molecule has 0 heterocycles. The lowest BCUT2D eigenvalue weighted by molar-refractivity contribution is -0.385. The first kappa shape index (κ1) is 16.7. The Hall–Kier alpha value is -1.33. The van der Waals surface area contributed by atoms with Gasteiger partial charge in [0.15, 0.2) is 0 Å². The molecule has 0 saturated carbocycles. The van der Waals surface area contributed by atoms with Gasteiger partial charge in [-0.05, 0) is 24.0 Å². The zero-order valence-electron chi connectivity index (χ0n) is 11.3. The predicted molar refractivity (Wildman–Crippen MR) is 79.6 cm³/mol. The number of hydrogen-bond acceptors (Lipinski definition) is 3. The fraction of sp³-hybridized carbons (Fsp3) is 0.462. The van der Waals surface area contributed by atoms with E-state index in [1.165, 1.54) is 18.2 Å². The minimum atomic E-state index is -0.602. The molecule has 7 heteroatoms. The number of amides is 1. The average molecular weight is 319 g/mol. The molecule has 20 heavy (non-hydrogen) atoms. The van der Waals surface area contributed by atoms with Crippen molar-refractivity contribution in [1.82, 2.24) is 5.32 Å². The number of benzene rings is 1. The Labute approximate surface area is 127 Å². The Morgan fingerprint density at radius 3 is 2.65 bits per heavy atom. The molecule has 0 aliphatic rings. The Morgan fingerprint density at radius 1 is 1.45 bits per heavy atom. The Balaban J connectivity index is 2.87. The van der Waals surface area contributed by atoms with Crippen molar-refractivity contribution in [3.8, 4) is 0 Å². The monoisotopic (exact) mass is 318 g/mol. The second-order valence-electron chi connectivity index (χ2n) is 5.20. The number of halogens is 2. The normalized spacial score (nSPS) is 11.2. The molecule has 0 aliphatic heterocycles. The van der Waals surface area contributed by atoms with Crippen molar-refractivity contribution in [3.05, 3.63) is 38.9 Å². The van der Waals surface area contributed by atoms with Crippen LogP contribution < -0.4 is 5.32 Å². The third-order valence-corrected chi connectivity index (χ3v) is 3.32. The Kier molecular flexibility index (Phi) is 5.77. The quantitative estimate of drug-likeness (QED) is 0.494. The van der Waals surface area contributed by atoms with Crippen LogP contribution in [-0.2, 0) is 0 Å². The number of carbonyl (C=O) groups is 1. The standard InChI is InChI=1S/C13H16Cl2N2O3/c1-13(2,5-6-14)8-16-12(18)10-7-9(15)3-4-11(10)17(19)20/h3-4,7H,5-6,8H2,1-2H3,(H,16,18). The van der Waals surface area contributed by atoms with Crippen LogP contribution in [0.15, 0.2) is 18.2 Å². The number of rotatable bonds is 6. The van der Waals surface area contributed by atoms with E-state index in [1.54, 1.807) is 0 Å². The summed E-state index contributed by atoms with van der Waals surface area (Å²) in [4.78, 5) is 22.4. The molecule has 1 rings (SSSR count). The summed E-state index contributed by atoms with van der Waals surface area (Å²) in [7, 11) is 0. The number of hydrogen-bond donors (Lipinski definition) is 1. The molecule has 110 valence electrons. The van der Waals surface area contributed by atoms with Gasteiger partial charge < -0.3 is 5.32 Å². The van der Waals surface area contributed by atoms with Gasteiger partial charge >= 0.3 is 0 Å². The van der Waals surface area contributed by atoms with E-state index in [-0.39, 0.29) is 21.7 Å². The first-order chi connectivity index (χ1) is 9.26. The van der Waals surface area contributed by atoms with E-state index in [1.807, 2.05) is 13.8 Å². The van der Waals surface area contributed by atoms with E-state index in [4.69, 9.17) is 23.2 Å². The first-order valence-corrected chi connectivity index (χ1v) is 6.96. The molecule has 1 aromatic carbocycles. The van der Waals surface area contributed by atoms with E-state index in [9.17, 15) is 14.9 Å². The fourth-order valence-electron chi connectivity index (χ4n) is 1.61. The number of nitro benzene ring substituents is 1. The van der Waals surface area contributed by atoms with Gasteiger partial charge in [0.25, 0.3) is 11.6 Å². The Bertz CT molecular complexity index is 518. The van der Waals surface area contributed by atoms with Crippen molar-refractivity contribution < 1.29 is 9.72 Å². The maximum Gasteiger partial charge on any atom is 0.282 e. The number of nitrogens with one attached hydrogen (secondary N) is 1. The lowest BCUT2D eigenvalue weighted by Crippen LogP contribution is -2.34. The lowest BCUT2D eigenvalue weighted by Gasteiger charge is -2.23. The van der Waals surface area contributed by atoms with Gasteiger partial charge in [-0.25, -0.2) is 0 Å². The molecular weight excluding hydrogens is 303 g/mol. The zero-order chi connectivity index (χ0) is 15.3.